The summed E-state index contributed by atoms with van der Waals surface area (Å²) in [7, 11) is 0. The first-order valence-electron chi connectivity index (χ1n) is 7.13. The molecule has 0 aromatic rings. The summed E-state index contributed by atoms with van der Waals surface area (Å²) in [6, 6.07) is 0.347. The molecule has 1 saturated carbocycles. The lowest BCUT2D eigenvalue weighted by atomic mass is 9.83. The van der Waals surface area contributed by atoms with Gasteiger partial charge < -0.3 is 10.6 Å². The normalized spacial score (nSPS) is 30.6. The maximum absolute atomic E-state index is 12.3. The third-order valence-electron chi connectivity index (χ3n) is 4.63. The lowest BCUT2D eigenvalue weighted by Gasteiger charge is -2.31. The highest BCUT2D eigenvalue weighted by atomic mass is 35.5. The summed E-state index contributed by atoms with van der Waals surface area (Å²) < 4.78 is 0. The zero-order valence-corrected chi connectivity index (χ0v) is 12.4. The van der Waals surface area contributed by atoms with Crippen LogP contribution in [0, 0.1) is 11.3 Å². The van der Waals surface area contributed by atoms with E-state index in [9.17, 15) is 4.79 Å². The summed E-state index contributed by atoms with van der Waals surface area (Å²) in [4.78, 5) is 12.3. The summed E-state index contributed by atoms with van der Waals surface area (Å²) in [6.07, 6.45) is 7.59. The summed E-state index contributed by atoms with van der Waals surface area (Å²) in [6.45, 7) is 6.06. The first-order valence-corrected chi connectivity index (χ1v) is 7.13. The number of hydrogen-bond donors (Lipinski definition) is 2. The number of carbonyl (C=O) groups is 1. The molecule has 0 bridgehead atoms. The van der Waals surface area contributed by atoms with Crippen LogP contribution in [0.3, 0.4) is 0 Å². The van der Waals surface area contributed by atoms with Crippen molar-refractivity contribution >= 4 is 18.3 Å². The van der Waals surface area contributed by atoms with Gasteiger partial charge in [-0.2, -0.15) is 0 Å². The van der Waals surface area contributed by atoms with Crippen molar-refractivity contribution in [1.82, 2.24) is 10.6 Å². The van der Waals surface area contributed by atoms with Crippen LogP contribution in [0.25, 0.3) is 0 Å². The molecule has 1 heterocycles. The zero-order chi connectivity index (χ0) is 12.3. The highest BCUT2D eigenvalue weighted by Crippen LogP contribution is 2.28. The lowest BCUT2D eigenvalue weighted by molar-refractivity contribution is -0.130. The minimum Gasteiger partial charge on any atom is -0.353 e. The van der Waals surface area contributed by atoms with Crippen LogP contribution in [0.4, 0.5) is 0 Å². The molecule has 1 aliphatic heterocycles. The van der Waals surface area contributed by atoms with Gasteiger partial charge >= 0.3 is 0 Å². The first-order chi connectivity index (χ1) is 8.12. The number of amides is 1. The monoisotopic (exact) mass is 274 g/mol. The average molecular weight is 275 g/mol. The van der Waals surface area contributed by atoms with Gasteiger partial charge in [-0.1, -0.05) is 19.3 Å². The summed E-state index contributed by atoms with van der Waals surface area (Å²) >= 11 is 0. The topological polar surface area (TPSA) is 41.1 Å². The van der Waals surface area contributed by atoms with Crippen molar-refractivity contribution in [3.8, 4) is 0 Å². The van der Waals surface area contributed by atoms with E-state index in [0.717, 1.165) is 19.5 Å². The van der Waals surface area contributed by atoms with Gasteiger partial charge in [0.05, 0.1) is 5.41 Å². The quantitative estimate of drug-likeness (QED) is 0.830. The second-order valence-corrected chi connectivity index (χ2v) is 6.15. The summed E-state index contributed by atoms with van der Waals surface area (Å²) in [5, 5.41) is 6.54. The SMILES string of the molecule is CC(NC(=O)C1(C)CCNC1)C1CCCCC1.Cl. The van der Waals surface area contributed by atoms with E-state index in [1.54, 1.807) is 0 Å². The molecule has 0 aromatic heterocycles. The summed E-state index contributed by atoms with van der Waals surface area (Å²) in [5.74, 6) is 0.950. The van der Waals surface area contributed by atoms with Crippen molar-refractivity contribution in [3.05, 3.63) is 0 Å². The molecule has 106 valence electrons. The molecular formula is C14H27ClN2O. The molecular weight excluding hydrogens is 248 g/mol. The van der Waals surface area contributed by atoms with Crippen molar-refractivity contribution < 1.29 is 4.79 Å². The predicted octanol–water partition coefficient (Wildman–Crippen LogP) is 2.49. The molecule has 3 nitrogen and oxygen atoms in total. The fourth-order valence-electron chi connectivity index (χ4n) is 3.14. The Morgan fingerprint density at radius 2 is 2.00 bits per heavy atom. The zero-order valence-electron chi connectivity index (χ0n) is 11.6. The average Bonchev–Trinajstić information content (AvgIpc) is 2.78. The fraction of sp³-hybridized carbons (Fsp3) is 0.929. The smallest absolute Gasteiger partial charge is 0.227 e. The van der Waals surface area contributed by atoms with Gasteiger partial charge in [-0.25, -0.2) is 0 Å². The van der Waals surface area contributed by atoms with Gasteiger partial charge in [0.1, 0.15) is 0 Å². The van der Waals surface area contributed by atoms with E-state index < -0.39 is 0 Å². The third kappa shape index (κ3) is 3.61. The van der Waals surface area contributed by atoms with Crippen LogP contribution in [0.15, 0.2) is 0 Å². The van der Waals surface area contributed by atoms with E-state index in [-0.39, 0.29) is 23.7 Å². The van der Waals surface area contributed by atoms with Crippen LogP contribution < -0.4 is 10.6 Å². The standard InChI is InChI=1S/C14H26N2O.ClH/c1-11(12-6-4-3-5-7-12)16-13(17)14(2)8-9-15-10-14;/h11-12,15H,3-10H2,1-2H3,(H,16,17);1H. The number of nitrogens with one attached hydrogen (secondary N) is 2. The Morgan fingerprint density at radius 1 is 1.33 bits per heavy atom. The van der Waals surface area contributed by atoms with Gasteiger partial charge in [-0.05, 0) is 45.6 Å². The van der Waals surface area contributed by atoms with Crippen LogP contribution in [-0.4, -0.2) is 25.0 Å². The van der Waals surface area contributed by atoms with Gasteiger partial charge in [0.2, 0.25) is 5.91 Å². The number of halogens is 1. The molecule has 4 heteroatoms. The maximum atomic E-state index is 12.3. The molecule has 1 saturated heterocycles. The second-order valence-electron chi connectivity index (χ2n) is 6.15. The highest BCUT2D eigenvalue weighted by Gasteiger charge is 2.37. The molecule has 2 unspecified atom stereocenters. The molecule has 0 aromatic carbocycles. The fourth-order valence-corrected chi connectivity index (χ4v) is 3.14. The maximum Gasteiger partial charge on any atom is 0.227 e. The Bertz CT molecular complexity index is 271. The van der Waals surface area contributed by atoms with Gasteiger partial charge in [-0.3, -0.25) is 4.79 Å². The van der Waals surface area contributed by atoms with E-state index in [0.29, 0.717) is 12.0 Å². The van der Waals surface area contributed by atoms with Crippen LogP contribution in [-0.2, 0) is 4.79 Å². The number of carbonyl (C=O) groups excluding carboxylic acids is 1. The molecule has 2 rings (SSSR count). The molecule has 2 fully saturated rings. The molecule has 2 N–H and O–H groups in total. The molecule has 2 atom stereocenters. The van der Waals surface area contributed by atoms with Crippen LogP contribution in [0.2, 0.25) is 0 Å². The Morgan fingerprint density at radius 3 is 2.56 bits per heavy atom. The molecule has 1 amide bonds. The van der Waals surface area contributed by atoms with Gasteiger partial charge in [0.15, 0.2) is 0 Å². The van der Waals surface area contributed by atoms with Crippen molar-refractivity contribution in [2.75, 3.05) is 13.1 Å². The Hall–Kier alpha value is -0.280. The van der Waals surface area contributed by atoms with Crippen molar-refractivity contribution in [1.29, 1.82) is 0 Å². The van der Waals surface area contributed by atoms with E-state index in [2.05, 4.69) is 24.5 Å². The van der Waals surface area contributed by atoms with Crippen molar-refractivity contribution in [2.45, 2.75) is 58.4 Å². The van der Waals surface area contributed by atoms with E-state index >= 15 is 0 Å². The Balaban J connectivity index is 0.00000162. The molecule has 2 aliphatic rings. The predicted molar refractivity (Wildman–Crippen MR) is 77.0 cm³/mol. The van der Waals surface area contributed by atoms with Gasteiger partial charge in [-0.15, -0.1) is 12.4 Å². The Labute approximate surface area is 117 Å². The molecule has 0 radical (unpaired) electrons. The first kappa shape index (κ1) is 15.8. The molecule has 1 aliphatic carbocycles. The van der Waals surface area contributed by atoms with Crippen molar-refractivity contribution in [3.63, 3.8) is 0 Å². The minimum atomic E-state index is -0.178. The number of hydrogen-bond acceptors (Lipinski definition) is 2. The Kier molecular flexibility index (Phi) is 5.93. The van der Waals surface area contributed by atoms with Crippen LogP contribution >= 0.6 is 12.4 Å². The van der Waals surface area contributed by atoms with E-state index in [1.807, 2.05) is 0 Å². The summed E-state index contributed by atoms with van der Waals surface area (Å²) in [5.41, 5.74) is -0.178. The minimum absolute atomic E-state index is 0. The van der Waals surface area contributed by atoms with Gasteiger partial charge in [0.25, 0.3) is 0 Å². The molecule has 18 heavy (non-hydrogen) atoms. The molecule has 0 spiro atoms. The lowest BCUT2D eigenvalue weighted by Crippen LogP contribution is -2.47. The van der Waals surface area contributed by atoms with E-state index in [4.69, 9.17) is 0 Å². The van der Waals surface area contributed by atoms with Crippen molar-refractivity contribution in [2.24, 2.45) is 11.3 Å². The second kappa shape index (κ2) is 6.76. The third-order valence-corrected chi connectivity index (χ3v) is 4.63. The van der Waals surface area contributed by atoms with E-state index in [1.165, 1.54) is 32.1 Å². The number of rotatable bonds is 3. The van der Waals surface area contributed by atoms with Crippen LogP contribution in [0.1, 0.15) is 52.4 Å². The van der Waals surface area contributed by atoms with Crippen LogP contribution in [0.5, 0.6) is 0 Å². The highest BCUT2D eigenvalue weighted by molar-refractivity contribution is 5.85. The largest absolute Gasteiger partial charge is 0.353 e. The van der Waals surface area contributed by atoms with Gasteiger partial charge in [0, 0.05) is 12.6 Å².